The monoisotopic (exact) mass is 344 g/mol. The van der Waals surface area contributed by atoms with Crippen LogP contribution in [0.15, 0.2) is 29.1 Å². The quantitative estimate of drug-likeness (QED) is 0.766. The number of nitrogens with zero attached hydrogens (tertiary/aromatic N) is 2. The Bertz CT molecular complexity index is 1000. The summed E-state index contributed by atoms with van der Waals surface area (Å²) in [5.74, 6) is 0.172. The van der Waals surface area contributed by atoms with Gasteiger partial charge in [-0.3, -0.25) is 14.2 Å². The Balaban J connectivity index is 1.90. The average Bonchev–Trinajstić information content (AvgIpc) is 2.89. The number of benzene rings is 1. The summed E-state index contributed by atoms with van der Waals surface area (Å²) >= 11 is 6.06. The molecule has 0 aliphatic heterocycles. The van der Waals surface area contributed by atoms with Crippen LogP contribution < -0.4 is 10.9 Å². The minimum absolute atomic E-state index is 0.107. The van der Waals surface area contributed by atoms with E-state index in [0.717, 1.165) is 11.3 Å². The highest BCUT2D eigenvalue weighted by atomic mass is 35.5. The number of anilines is 1. The van der Waals surface area contributed by atoms with Gasteiger partial charge in [-0.25, -0.2) is 4.98 Å². The van der Waals surface area contributed by atoms with Gasteiger partial charge in [0.25, 0.3) is 5.56 Å². The molecule has 2 N–H and O–H groups in total. The summed E-state index contributed by atoms with van der Waals surface area (Å²) in [6.07, 6.45) is 0. The van der Waals surface area contributed by atoms with Gasteiger partial charge in [0.05, 0.1) is 5.39 Å². The Hall–Kier alpha value is -2.60. The maximum atomic E-state index is 12.6. The standard InChI is InChI=1S/C17H17ClN4O2/c1-9-7-12-16(19-9)20-11(3)22(17(12)24)8-15(23)21-14-6-4-5-13(18)10(14)2/h4-7,19H,8H2,1-3H3,(H,21,23). The number of hydrogen-bond acceptors (Lipinski definition) is 3. The van der Waals surface area contributed by atoms with E-state index >= 15 is 0 Å². The van der Waals surface area contributed by atoms with Gasteiger partial charge < -0.3 is 10.3 Å². The van der Waals surface area contributed by atoms with Crippen LogP contribution in [0.25, 0.3) is 11.0 Å². The largest absolute Gasteiger partial charge is 0.343 e. The van der Waals surface area contributed by atoms with E-state index in [9.17, 15) is 9.59 Å². The first kappa shape index (κ1) is 16.3. The van der Waals surface area contributed by atoms with Crippen LogP contribution in [0.2, 0.25) is 5.02 Å². The normalized spacial score (nSPS) is 11.0. The molecule has 2 aromatic heterocycles. The maximum absolute atomic E-state index is 12.6. The van der Waals surface area contributed by atoms with Crippen LogP contribution in [0.1, 0.15) is 17.1 Å². The van der Waals surface area contributed by atoms with Gasteiger partial charge in [0.2, 0.25) is 5.91 Å². The number of carbonyl (C=O) groups excluding carboxylic acids is 1. The molecule has 7 heteroatoms. The third-order valence-electron chi connectivity index (χ3n) is 3.91. The van der Waals surface area contributed by atoms with E-state index in [1.807, 2.05) is 13.8 Å². The van der Waals surface area contributed by atoms with E-state index in [0.29, 0.717) is 27.6 Å². The van der Waals surface area contributed by atoms with E-state index in [2.05, 4.69) is 15.3 Å². The number of aromatic amines is 1. The summed E-state index contributed by atoms with van der Waals surface area (Å²) in [6.45, 7) is 5.28. The second-order valence-corrected chi connectivity index (χ2v) is 6.13. The number of aryl methyl sites for hydroxylation is 2. The molecule has 3 aromatic rings. The van der Waals surface area contributed by atoms with Crippen LogP contribution in [0, 0.1) is 20.8 Å². The van der Waals surface area contributed by atoms with Gasteiger partial charge in [-0.05, 0) is 44.5 Å². The first-order chi connectivity index (χ1) is 11.4. The molecule has 0 aliphatic carbocycles. The molecule has 0 saturated carbocycles. The molecule has 0 aliphatic rings. The number of rotatable bonds is 3. The molecule has 124 valence electrons. The number of nitrogens with one attached hydrogen (secondary N) is 2. The zero-order valence-electron chi connectivity index (χ0n) is 13.6. The summed E-state index contributed by atoms with van der Waals surface area (Å²) in [6, 6.07) is 7.02. The Morgan fingerprint density at radius 1 is 1.33 bits per heavy atom. The van der Waals surface area contributed by atoms with Crippen LogP contribution in [0.5, 0.6) is 0 Å². The van der Waals surface area contributed by atoms with Crippen molar-refractivity contribution in [3.05, 3.63) is 56.7 Å². The zero-order chi connectivity index (χ0) is 17.4. The first-order valence-electron chi connectivity index (χ1n) is 7.48. The molecule has 0 saturated heterocycles. The molecule has 0 unspecified atom stereocenters. The van der Waals surface area contributed by atoms with Crippen molar-refractivity contribution in [3.63, 3.8) is 0 Å². The summed E-state index contributed by atoms with van der Waals surface area (Å²) in [5, 5.41) is 3.84. The molecule has 6 nitrogen and oxygen atoms in total. The number of carbonyl (C=O) groups is 1. The molecular formula is C17H17ClN4O2. The van der Waals surface area contributed by atoms with Crippen molar-refractivity contribution in [3.8, 4) is 0 Å². The van der Waals surface area contributed by atoms with Gasteiger partial charge in [-0.15, -0.1) is 0 Å². The number of halogens is 1. The molecule has 0 atom stereocenters. The van der Waals surface area contributed by atoms with Gasteiger partial charge >= 0.3 is 0 Å². The van der Waals surface area contributed by atoms with Crippen molar-refractivity contribution < 1.29 is 4.79 Å². The minimum atomic E-state index is -0.307. The summed E-state index contributed by atoms with van der Waals surface area (Å²) in [7, 11) is 0. The SMILES string of the molecule is Cc1cc2c(=O)n(CC(=O)Nc3cccc(Cl)c3C)c(C)nc2[nH]1. The van der Waals surface area contributed by atoms with Crippen LogP contribution in [-0.2, 0) is 11.3 Å². The fourth-order valence-corrected chi connectivity index (χ4v) is 2.78. The number of hydrogen-bond donors (Lipinski definition) is 2. The summed E-state index contributed by atoms with van der Waals surface area (Å²) in [4.78, 5) is 32.3. The van der Waals surface area contributed by atoms with Gasteiger partial charge in [0, 0.05) is 16.4 Å². The number of aromatic nitrogens is 3. The molecule has 0 fully saturated rings. The lowest BCUT2D eigenvalue weighted by Crippen LogP contribution is -2.30. The Morgan fingerprint density at radius 3 is 2.83 bits per heavy atom. The predicted molar refractivity (Wildman–Crippen MR) is 94.6 cm³/mol. The minimum Gasteiger partial charge on any atom is -0.343 e. The van der Waals surface area contributed by atoms with Crippen LogP contribution >= 0.6 is 11.6 Å². The van der Waals surface area contributed by atoms with Crippen molar-refractivity contribution in [2.24, 2.45) is 0 Å². The fraction of sp³-hybridized carbons (Fsp3) is 0.235. The topological polar surface area (TPSA) is 79.8 Å². The lowest BCUT2D eigenvalue weighted by molar-refractivity contribution is -0.116. The van der Waals surface area contributed by atoms with E-state index in [4.69, 9.17) is 11.6 Å². The van der Waals surface area contributed by atoms with Crippen molar-refractivity contribution in [2.45, 2.75) is 27.3 Å². The highest BCUT2D eigenvalue weighted by molar-refractivity contribution is 6.31. The van der Waals surface area contributed by atoms with E-state index in [-0.39, 0.29) is 18.0 Å². The van der Waals surface area contributed by atoms with E-state index in [1.165, 1.54) is 4.57 Å². The smallest absolute Gasteiger partial charge is 0.263 e. The number of fused-ring (bicyclic) bond motifs is 1. The molecule has 0 radical (unpaired) electrons. The second kappa shape index (κ2) is 6.13. The van der Waals surface area contributed by atoms with Crippen LogP contribution in [0.4, 0.5) is 5.69 Å². The molecule has 1 amide bonds. The van der Waals surface area contributed by atoms with Crippen molar-refractivity contribution in [2.75, 3.05) is 5.32 Å². The maximum Gasteiger partial charge on any atom is 0.263 e. The van der Waals surface area contributed by atoms with Gasteiger partial charge in [0.15, 0.2) is 0 Å². The molecule has 1 aromatic carbocycles. The van der Waals surface area contributed by atoms with E-state index < -0.39 is 0 Å². The molecule has 24 heavy (non-hydrogen) atoms. The highest BCUT2D eigenvalue weighted by Crippen LogP contribution is 2.22. The third-order valence-corrected chi connectivity index (χ3v) is 4.32. The summed E-state index contributed by atoms with van der Waals surface area (Å²) < 4.78 is 1.37. The van der Waals surface area contributed by atoms with Gasteiger partial charge in [-0.1, -0.05) is 17.7 Å². The lowest BCUT2D eigenvalue weighted by Gasteiger charge is -2.12. The van der Waals surface area contributed by atoms with Gasteiger partial charge in [0.1, 0.15) is 18.0 Å². The third kappa shape index (κ3) is 2.92. The van der Waals surface area contributed by atoms with Crippen molar-refractivity contribution in [1.29, 1.82) is 0 Å². The Kier molecular flexibility index (Phi) is 4.15. The molecule has 3 rings (SSSR count). The van der Waals surface area contributed by atoms with Crippen LogP contribution in [-0.4, -0.2) is 20.4 Å². The van der Waals surface area contributed by atoms with E-state index in [1.54, 1.807) is 31.2 Å². The van der Waals surface area contributed by atoms with Crippen molar-refractivity contribution in [1.82, 2.24) is 14.5 Å². The number of H-pyrrole nitrogens is 1. The second-order valence-electron chi connectivity index (χ2n) is 5.73. The lowest BCUT2D eigenvalue weighted by atomic mass is 10.2. The molecule has 2 heterocycles. The zero-order valence-corrected chi connectivity index (χ0v) is 14.4. The molecule has 0 spiro atoms. The summed E-state index contributed by atoms with van der Waals surface area (Å²) in [5.41, 5.74) is 2.57. The molecular weight excluding hydrogens is 328 g/mol. The first-order valence-corrected chi connectivity index (χ1v) is 7.86. The predicted octanol–water partition coefficient (Wildman–Crippen LogP) is 2.94. The fourth-order valence-electron chi connectivity index (χ4n) is 2.60. The highest BCUT2D eigenvalue weighted by Gasteiger charge is 2.14. The van der Waals surface area contributed by atoms with Crippen LogP contribution in [0.3, 0.4) is 0 Å². The Labute approximate surface area is 143 Å². The number of amides is 1. The Morgan fingerprint density at radius 2 is 2.08 bits per heavy atom. The van der Waals surface area contributed by atoms with Gasteiger partial charge in [-0.2, -0.15) is 0 Å². The average molecular weight is 345 g/mol. The molecule has 0 bridgehead atoms. The van der Waals surface area contributed by atoms with Crippen molar-refractivity contribution >= 4 is 34.2 Å².